The molecule has 120 valence electrons. The number of benzene rings is 2. The number of amides is 1. The molecule has 5 nitrogen and oxygen atoms in total. The van der Waals surface area contributed by atoms with Gasteiger partial charge in [0.1, 0.15) is 11.3 Å². The average Bonchev–Trinajstić information content (AvgIpc) is 3.02. The van der Waals surface area contributed by atoms with Gasteiger partial charge in [-0.15, -0.1) is 0 Å². The molecule has 3 rings (SSSR count). The molecule has 1 amide bonds. The van der Waals surface area contributed by atoms with Gasteiger partial charge in [-0.2, -0.15) is 0 Å². The molecule has 0 unspecified atom stereocenters. The third-order valence-electron chi connectivity index (χ3n) is 3.39. The molecule has 24 heavy (non-hydrogen) atoms. The highest BCUT2D eigenvalue weighted by Crippen LogP contribution is 2.19. The summed E-state index contributed by atoms with van der Waals surface area (Å²) < 4.78 is 10.3. The molecule has 3 aromatic rings. The Bertz CT molecular complexity index is 891. The van der Waals surface area contributed by atoms with Gasteiger partial charge in [0.25, 0.3) is 0 Å². The summed E-state index contributed by atoms with van der Waals surface area (Å²) in [6, 6.07) is 16.0. The summed E-state index contributed by atoms with van der Waals surface area (Å²) in [4.78, 5) is 23.5. The highest BCUT2D eigenvalue weighted by Gasteiger charge is 2.07. The van der Waals surface area contributed by atoms with Crippen molar-refractivity contribution in [2.45, 2.75) is 0 Å². The first-order chi connectivity index (χ1) is 11.7. The van der Waals surface area contributed by atoms with E-state index in [9.17, 15) is 9.59 Å². The second-order valence-corrected chi connectivity index (χ2v) is 5.08. The molecule has 0 radical (unpaired) electrons. The number of carbonyl (C=O) groups is 2. The highest BCUT2D eigenvalue weighted by molar-refractivity contribution is 6.02. The highest BCUT2D eigenvalue weighted by atomic mass is 16.5. The second kappa shape index (κ2) is 6.83. The third kappa shape index (κ3) is 3.52. The van der Waals surface area contributed by atoms with Crippen LogP contribution in [0.5, 0.6) is 0 Å². The van der Waals surface area contributed by atoms with Crippen LogP contribution in [-0.2, 0) is 9.53 Å². The summed E-state index contributed by atoms with van der Waals surface area (Å²) >= 11 is 0. The van der Waals surface area contributed by atoms with Crippen LogP contribution in [0.2, 0.25) is 0 Å². The van der Waals surface area contributed by atoms with Crippen LogP contribution >= 0.6 is 0 Å². The van der Waals surface area contributed by atoms with Crippen molar-refractivity contribution < 1.29 is 18.7 Å². The number of fused-ring (bicyclic) bond motifs is 1. The lowest BCUT2D eigenvalue weighted by atomic mass is 10.2. The standard InChI is InChI=1S/C19H15NO4/c1-23-19(22)14-6-4-7-15(11-14)20-18(21)10-9-16-12-13-5-2-3-8-17(13)24-16/h2-12H,1H3,(H,20,21)/b10-9+. The first-order valence-electron chi connectivity index (χ1n) is 7.32. The van der Waals surface area contributed by atoms with Gasteiger partial charge in [0.15, 0.2) is 0 Å². The van der Waals surface area contributed by atoms with E-state index in [0.717, 1.165) is 11.0 Å². The van der Waals surface area contributed by atoms with E-state index in [2.05, 4.69) is 10.1 Å². The summed E-state index contributed by atoms with van der Waals surface area (Å²) in [5.74, 6) is -0.184. The van der Waals surface area contributed by atoms with E-state index in [4.69, 9.17) is 4.42 Å². The van der Waals surface area contributed by atoms with E-state index in [0.29, 0.717) is 17.0 Å². The van der Waals surface area contributed by atoms with Crippen molar-refractivity contribution >= 4 is 34.6 Å². The van der Waals surface area contributed by atoms with Gasteiger partial charge in [-0.1, -0.05) is 24.3 Å². The van der Waals surface area contributed by atoms with E-state index >= 15 is 0 Å². The maximum Gasteiger partial charge on any atom is 0.337 e. The van der Waals surface area contributed by atoms with E-state index in [1.807, 2.05) is 30.3 Å². The molecule has 0 aliphatic carbocycles. The zero-order valence-electron chi connectivity index (χ0n) is 13.0. The Morgan fingerprint density at radius 2 is 1.92 bits per heavy atom. The minimum atomic E-state index is -0.455. The fourth-order valence-corrected chi connectivity index (χ4v) is 2.27. The predicted octanol–water partition coefficient (Wildman–Crippen LogP) is 3.87. The predicted molar refractivity (Wildman–Crippen MR) is 91.7 cm³/mol. The quantitative estimate of drug-likeness (QED) is 0.585. The van der Waals surface area contributed by atoms with E-state index in [1.165, 1.54) is 13.2 Å². The fourth-order valence-electron chi connectivity index (χ4n) is 2.27. The van der Waals surface area contributed by atoms with Crippen LogP contribution in [0, 0.1) is 0 Å². The van der Waals surface area contributed by atoms with Crippen molar-refractivity contribution in [2.75, 3.05) is 12.4 Å². The average molecular weight is 321 g/mol. The molecular weight excluding hydrogens is 306 g/mol. The van der Waals surface area contributed by atoms with Crippen LogP contribution in [0.25, 0.3) is 17.0 Å². The monoisotopic (exact) mass is 321 g/mol. The summed E-state index contributed by atoms with van der Waals surface area (Å²) in [6.45, 7) is 0. The van der Waals surface area contributed by atoms with E-state index < -0.39 is 5.97 Å². The maximum absolute atomic E-state index is 12.0. The van der Waals surface area contributed by atoms with Crippen molar-refractivity contribution in [3.05, 3.63) is 72.0 Å². The zero-order valence-corrected chi connectivity index (χ0v) is 13.0. The number of ether oxygens (including phenoxy) is 1. The molecule has 0 bridgehead atoms. The van der Waals surface area contributed by atoms with Gasteiger partial charge in [0.05, 0.1) is 12.7 Å². The molecule has 5 heteroatoms. The molecule has 0 saturated carbocycles. The zero-order chi connectivity index (χ0) is 16.9. The van der Waals surface area contributed by atoms with Gasteiger partial charge in [-0.05, 0) is 36.4 Å². The molecule has 0 spiro atoms. The lowest BCUT2D eigenvalue weighted by Crippen LogP contribution is -2.09. The van der Waals surface area contributed by atoms with Crippen molar-refractivity contribution in [1.29, 1.82) is 0 Å². The van der Waals surface area contributed by atoms with Crippen LogP contribution < -0.4 is 5.32 Å². The number of nitrogens with one attached hydrogen (secondary N) is 1. The molecule has 1 aromatic heterocycles. The van der Waals surface area contributed by atoms with Crippen LogP contribution in [0.15, 0.2) is 65.1 Å². The Labute approximate surface area is 138 Å². The van der Waals surface area contributed by atoms with Crippen molar-refractivity contribution in [3.8, 4) is 0 Å². The van der Waals surface area contributed by atoms with E-state index in [-0.39, 0.29) is 5.91 Å². The molecule has 0 fully saturated rings. The van der Waals surface area contributed by atoms with Gasteiger partial charge in [0.2, 0.25) is 5.91 Å². The lowest BCUT2D eigenvalue weighted by molar-refractivity contribution is -0.111. The van der Waals surface area contributed by atoms with Gasteiger partial charge >= 0.3 is 5.97 Å². The SMILES string of the molecule is COC(=O)c1cccc(NC(=O)/C=C/c2cc3ccccc3o2)c1. The Kier molecular flexibility index (Phi) is 4.43. The molecule has 0 aliphatic rings. The van der Waals surface area contributed by atoms with Crippen molar-refractivity contribution in [2.24, 2.45) is 0 Å². The van der Waals surface area contributed by atoms with Crippen LogP contribution in [0.4, 0.5) is 5.69 Å². The first kappa shape index (κ1) is 15.6. The molecule has 1 heterocycles. The number of hydrogen-bond donors (Lipinski definition) is 1. The summed E-state index contributed by atoms with van der Waals surface area (Å²) in [6.07, 6.45) is 2.97. The van der Waals surface area contributed by atoms with Crippen LogP contribution in [0.3, 0.4) is 0 Å². The molecule has 2 aromatic carbocycles. The Morgan fingerprint density at radius 3 is 2.71 bits per heavy atom. The van der Waals surface area contributed by atoms with Gasteiger partial charge in [-0.3, -0.25) is 4.79 Å². The molecular formula is C19H15NO4. The van der Waals surface area contributed by atoms with Gasteiger partial charge in [0, 0.05) is 17.1 Å². The van der Waals surface area contributed by atoms with Crippen LogP contribution in [0.1, 0.15) is 16.1 Å². The topological polar surface area (TPSA) is 68.5 Å². The number of para-hydroxylation sites is 1. The minimum absolute atomic E-state index is 0.322. The molecule has 1 N–H and O–H groups in total. The number of esters is 1. The largest absolute Gasteiger partial charge is 0.465 e. The van der Waals surface area contributed by atoms with Crippen molar-refractivity contribution in [3.63, 3.8) is 0 Å². The van der Waals surface area contributed by atoms with Gasteiger partial charge < -0.3 is 14.5 Å². The Hall–Kier alpha value is -3.34. The molecule has 0 atom stereocenters. The van der Waals surface area contributed by atoms with Crippen LogP contribution in [-0.4, -0.2) is 19.0 Å². The minimum Gasteiger partial charge on any atom is -0.465 e. The lowest BCUT2D eigenvalue weighted by Gasteiger charge is -2.04. The molecule has 0 saturated heterocycles. The number of hydrogen-bond acceptors (Lipinski definition) is 4. The summed E-state index contributed by atoms with van der Waals surface area (Å²) in [7, 11) is 1.31. The smallest absolute Gasteiger partial charge is 0.337 e. The normalized spacial score (nSPS) is 10.9. The number of furan rings is 1. The van der Waals surface area contributed by atoms with E-state index in [1.54, 1.807) is 30.3 Å². The Morgan fingerprint density at radius 1 is 1.08 bits per heavy atom. The number of rotatable bonds is 4. The Balaban J connectivity index is 1.70. The number of anilines is 1. The van der Waals surface area contributed by atoms with Gasteiger partial charge in [-0.25, -0.2) is 4.79 Å². The summed E-state index contributed by atoms with van der Waals surface area (Å²) in [5.41, 5.74) is 1.65. The van der Waals surface area contributed by atoms with Crippen molar-refractivity contribution in [1.82, 2.24) is 0 Å². The second-order valence-electron chi connectivity index (χ2n) is 5.08. The molecule has 0 aliphatic heterocycles. The fraction of sp³-hybridized carbons (Fsp3) is 0.0526. The number of methoxy groups -OCH3 is 1. The third-order valence-corrected chi connectivity index (χ3v) is 3.39. The maximum atomic E-state index is 12.0. The number of carbonyl (C=O) groups excluding carboxylic acids is 2. The summed E-state index contributed by atoms with van der Waals surface area (Å²) in [5, 5.41) is 3.67. The first-order valence-corrected chi connectivity index (χ1v) is 7.32.